The van der Waals surface area contributed by atoms with E-state index in [1.54, 1.807) is 6.08 Å². The second-order valence-electron chi connectivity index (χ2n) is 2.04. The number of allylic oxidation sites excluding steroid dienone is 1. The van der Waals surface area contributed by atoms with Crippen LogP contribution in [0.15, 0.2) is 12.7 Å². The summed E-state index contributed by atoms with van der Waals surface area (Å²) in [4.78, 5) is 20.5. The molecule has 0 spiro atoms. The zero-order chi connectivity index (χ0) is 9.56. The normalized spacial score (nSPS) is 15.7. The van der Waals surface area contributed by atoms with E-state index in [0.717, 1.165) is 5.33 Å². The first kappa shape index (κ1) is 11.3. The molecule has 0 unspecified atom stereocenters. The molecule has 4 nitrogen and oxygen atoms in total. The Morgan fingerprint density at radius 1 is 1.50 bits per heavy atom. The fraction of sp³-hybridized carbons (Fsp3) is 0.429. The lowest BCUT2D eigenvalue weighted by Gasteiger charge is -1.98. The molecule has 1 heterocycles. The summed E-state index contributed by atoms with van der Waals surface area (Å²) in [5.74, 6) is -1.01. The van der Waals surface area contributed by atoms with Crippen LogP contribution in [-0.4, -0.2) is 27.4 Å². The molecule has 0 aromatic carbocycles. The molecule has 0 radical (unpaired) electrons. The van der Waals surface area contributed by atoms with Crippen molar-refractivity contribution in [2.24, 2.45) is 0 Å². The van der Waals surface area contributed by atoms with Gasteiger partial charge >= 0.3 is 0 Å². The number of hydroxylamine groups is 2. The van der Waals surface area contributed by atoms with Crippen molar-refractivity contribution >= 4 is 27.7 Å². The van der Waals surface area contributed by atoms with Gasteiger partial charge in [0.1, 0.15) is 0 Å². The number of alkyl halides is 1. The van der Waals surface area contributed by atoms with E-state index in [2.05, 4.69) is 22.5 Å². The summed E-state index contributed by atoms with van der Waals surface area (Å²) in [5.41, 5.74) is 0. The van der Waals surface area contributed by atoms with E-state index < -0.39 is 11.8 Å². The molecule has 1 N–H and O–H groups in total. The van der Waals surface area contributed by atoms with Crippen LogP contribution >= 0.6 is 15.9 Å². The van der Waals surface area contributed by atoms with Crippen molar-refractivity contribution in [2.45, 2.75) is 12.8 Å². The van der Waals surface area contributed by atoms with E-state index in [0.29, 0.717) is 0 Å². The Kier molecular flexibility index (Phi) is 5.57. The summed E-state index contributed by atoms with van der Waals surface area (Å²) in [6.45, 7) is 3.43. The van der Waals surface area contributed by atoms with E-state index in [9.17, 15) is 9.59 Å². The van der Waals surface area contributed by atoms with Gasteiger partial charge in [0.15, 0.2) is 0 Å². The molecule has 2 amide bonds. The van der Waals surface area contributed by atoms with Crippen molar-refractivity contribution < 1.29 is 14.8 Å². The zero-order valence-electron chi connectivity index (χ0n) is 6.49. The molecule has 68 valence electrons. The Morgan fingerprint density at radius 2 is 1.83 bits per heavy atom. The van der Waals surface area contributed by atoms with E-state index >= 15 is 0 Å². The average molecular weight is 236 g/mol. The number of carbonyl (C=O) groups is 2. The number of hydrogen-bond acceptors (Lipinski definition) is 3. The maximum absolute atomic E-state index is 10.2. The predicted octanol–water partition coefficient (Wildman–Crippen LogP) is 1.09. The third-order valence-electron chi connectivity index (χ3n) is 1.13. The summed E-state index contributed by atoms with van der Waals surface area (Å²) in [6, 6.07) is 0. The van der Waals surface area contributed by atoms with Gasteiger partial charge in [-0.25, -0.2) is 0 Å². The molecule has 0 aliphatic carbocycles. The smallest absolute Gasteiger partial charge is 0.253 e. The van der Waals surface area contributed by atoms with E-state index in [4.69, 9.17) is 5.21 Å². The van der Waals surface area contributed by atoms with Gasteiger partial charge in [-0.15, -0.1) is 6.58 Å². The average Bonchev–Trinajstić information content (AvgIpc) is 2.37. The summed E-state index contributed by atoms with van der Waals surface area (Å²) in [6.07, 6.45) is 2.09. The fourth-order valence-electron chi connectivity index (χ4n) is 0.565. The summed E-state index contributed by atoms with van der Waals surface area (Å²) >= 11 is 3.13. The number of imide groups is 1. The largest absolute Gasteiger partial charge is 0.279 e. The number of nitrogens with zero attached hydrogens (tertiary/aromatic N) is 1. The SMILES string of the molecule is C=CCBr.O=C1CCC(=O)N1O. The second-order valence-corrected chi connectivity index (χ2v) is 2.69. The second kappa shape index (κ2) is 5.91. The van der Waals surface area contributed by atoms with Crippen LogP contribution in [0.5, 0.6) is 0 Å². The van der Waals surface area contributed by atoms with E-state index in [1.165, 1.54) is 0 Å². The van der Waals surface area contributed by atoms with Gasteiger partial charge in [0.2, 0.25) is 0 Å². The highest BCUT2D eigenvalue weighted by atomic mass is 79.9. The molecule has 0 saturated carbocycles. The maximum Gasteiger partial charge on any atom is 0.253 e. The van der Waals surface area contributed by atoms with Crippen LogP contribution in [0.25, 0.3) is 0 Å². The lowest BCUT2D eigenvalue weighted by atomic mass is 10.4. The summed E-state index contributed by atoms with van der Waals surface area (Å²) < 4.78 is 0. The minimum Gasteiger partial charge on any atom is -0.279 e. The quantitative estimate of drug-likeness (QED) is 0.321. The molecule has 0 atom stereocenters. The summed E-state index contributed by atoms with van der Waals surface area (Å²) in [5, 5.41) is 9.46. The minimum absolute atomic E-state index is 0.148. The van der Waals surface area contributed by atoms with Crippen LogP contribution < -0.4 is 0 Å². The van der Waals surface area contributed by atoms with E-state index in [-0.39, 0.29) is 17.9 Å². The number of rotatable bonds is 1. The molecule has 0 aromatic rings. The Labute approximate surface area is 78.9 Å². The van der Waals surface area contributed by atoms with Crippen molar-refractivity contribution in [3.05, 3.63) is 12.7 Å². The third-order valence-corrected chi connectivity index (χ3v) is 1.59. The van der Waals surface area contributed by atoms with Crippen LogP contribution in [0.4, 0.5) is 0 Å². The van der Waals surface area contributed by atoms with Gasteiger partial charge in [-0.05, 0) is 0 Å². The van der Waals surface area contributed by atoms with Crippen LogP contribution in [0.2, 0.25) is 0 Å². The highest BCUT2D eigenvalue weighted by Crippen LogP contribution is 2.06. The number of amides is 2. The first-order valence-corrected chi connectivity index (χ1v) is 4.47. The van der Waals surface area contributed by atoms with Gasteiger partial charge in [0.25, 0.3) is 11.8 Å². The van der Waals surface area contributed by atoms with Crippen molar-refractivity contribution in [3.63, 3.8) is 0 Å². The number of hydrogen-bond donors (Lipinski definition) is 1. The summed E-state index contributed by atoms with van der Waals surface area (Å²) in [7, 11) is 0. The molecule has 1 rings (SSSR count). The Hall–Kier alpha value is -0.680. The third kappa shape index (κ3) is 3.64. The number of halogens is 1. The van der Waals surface area contributed by atoms with Crippen LogP contribution in [0.1, 0.15) is 12.8 Å². The van der Waals surface area contributed by atoms with Crippen LogP contribution in [-0.2, 0) is 9.59 Å². The molecule has 1 aliphatic heterocycles. The van der Waals surface area contributed by atoms with Gasteiger partial charge in [0.05, 0.1) is 0 Å². The monoisotopic (exact) mass is 235 g/mol. The lowest BCUT2D eigenvalue weighted by Crippen LogP contribution is -2.24. The van der Waals surface area contributed by atoms with Gasteiger partial charge in [-0.3, -0.25) is 14.8 Å². The van der Waals surface area contributed by atoms with Gasteiger partial charge in [-0.1, -0.05) is 22.0 Å². The Morgan fingerprint density at radius 3 is 1.92 bits per heavy atom. The van der Waals surface area contributed by atoms with Crippen LogP contribution in [0.3, 0.4) is 0 Å². The molecular formula is C7H10BrNO3. The van der Waals surface area contributed by atoms with Crippen LogP contribution in [0, 0.1) is 0 Å². The highest BCUT2D eigenvalue weighted by Gasteiger charge is 2.26. The van der Waals surface area contributed by atoms with Crippen molar-refractivity contribution in [1.82, 2.24) is 5.06 Å². The Bertz CT molecular complexity index is 177. The molecule has 5 heteroatoms. The lowest BCUT2D eigenvalue weighted by molar-refractivity contribution is -0.171. The maximum atomic E-state index is 10.2. The first-order valence-electron chi connectivity index (χ1n) is 3.35. The van der Waals surface area contributed by atoms with Crippen molar-refractivity contribution in [1.29, 1.82) is 0 Å². The first-order chi connectivity index (χ1) is 5.63. The van der Waals surface area contributed by atoms with Crippen molar-refractivity contribution in [3.8, 4) is 0 Å². The molecule has 12 heavy (non-hydrogen) atoms. The topological polar surface area (TPSA) is 57.6 Å². The van der Waals surface area contributed by atoms with Gasteiger partial charge < -0.3 is 0 Å². The minimum atomic E-state index is -0.505. The predicted molar refractivity (Wildman–Crippen MR) is 46.9 cm³/mol. The molecule has 1 aliphatic rings. The Balaban J connectivity index is 0.000000261. The fourth-order valence-corrected chi connectivity index (χ4v) is 0.565. The molecule has 0 aromatic heterocycles. The highest BCUT2D eigenvalue weighted by molar-refractivity contribution is 9.09. The molecule has 1 fully saturated rings. The molecule has 1 saturated heterocycles. The zero-order valence-corrected chi connectivity index (χ0v) is 8.08. The van der Waals surface area contributed by atoms with Crippen molar-refractivity contribution in [2.75, 3.05) is 5.33 Å². The molecule has 0 bridgehead atoms. The number of carbonyl (C=O) groups excluding carboxylic acids is 2. The molecular weight excluding hydrogens is 226 g/mol. The van der Waals surface area contributed by atoms with Gasteiger partial charge in [0, 0.05) is 18.2 Å². The van der Waals surface area contributed by atoms with E-state index in [1.807, 2.05) is 0 Å². The standard InChI is InChI=1S/C4H5NO3.C3H5Br/c6-3-1-2-4(7)5(3)8;1-2-3-4/h8H,1-2H2;2H,1,3H2. The van der Waals surface area contributed by atoms with Gasteiger partial charge in [-0.2, -0.15) is 5.06 Å².